The van der Waals surface area contributed by atoms with Gasteiger partial charge in [0.25, 0.3) is 0 Å². The van der Waals surface area contributed by atoms with Gasteiger partial charge in [0.05, 0.1) is 12.7 Å². The zero-order chi connectivity index (χ0) is 13.2. The number of fused-ring (bicyclic) bond motifs is 1. The van der Waals surface area contributed by atoms with Gasteiger partial charge in [-0.15, -0.1) is 5.10 Å². The maximum absolute atomic E-state index is 5.69. The molecule has 1 N–H and O–H groups in total. The fourth-order valence-electron chi connectivity index (χ4n) is 2.13. The smallest absolute Gasteiger partial charge is 0.243 e. The molecular formula is C12H16BrN5O. The summed E-state index contributed by atoms with van der Waals surface area (Å²) in [6, 6.07) is 3.88. The largest absolute Gasteiger partial charge is 0.374 e. The molecule has 7 heteroatoms. The molecule has 0 bridgehead atoms. The molecule has 102 valence electrons. The van der Waals surface area contributed by atoms with Crippen molar-refractivity contribution in [1.29, 1.82) is 0 Å². The molecule has 0 saturated carbocycles. The van der Waals surface area contributed by atoms with Crippen LogP contribution in [-0.4, -0.2) is 58.9 Å². The number of hydrogen-bond donors (Lipinski definition) is 1. The SMILES string of the molecule is CN1CCOC(CNc2nc3ccc(Br)cn3n2)C1. The van der Waals surface area contributed by atoms with Gasteiger partial charge in [-0.1, -0.05) is 0 Å². The summed E-state index contributed by atoms with van der Waals surface area (Å²) in [4.78, 5) is 6.68. The van der Waals surface area contributed by atoms with Gasteiger partial charge in [-0.3, -0.25) is 0 Å². The second-order valence-corrected chi connectivity index (χ2v) is 5.64. The first-order valence-corrected chi connectivity index (χ1v) is 7.06. The quantitative estimate of drug-likeness (QED) is 0.920. The van der Waals surface area contributed by atoms with Gasteiger partial charge in [0, 0.05) is 30.3 Å². The highest BCUT2D eigenvalue weighted by molar-refractivity contribution is 9.10. The third kappa shape index (κ3) is 3.05. The lowest BCUT2D eigenvalue weighted by Crippen LogP contribution is -2.43. The summed E-state index contributed by atoms with van der Waals surface area (Å²) in [5.41, 5.74) is 0.826. The van der Waals surface area contributed by atoms with E-state index in [4.69, 9.17) is 4.74 Å². The number of hydrogen-bond acceptors (Lipinski definition) is 5. The van der Waals surface area contributed by atoms with E-state index in [0.29, 0.717) is 5.95 Å². The number of morpholine rings is 1. The van der Waals surface area contributed by atoms with Crippen molar-refractivity contribution >= 4 is 27.5 Å². The van der Waals surface area contributed by atoms with Crippen LogP contribution in [0.1, 0.15) is 0 Å². The third-order valence-electron chi connectivity index (χ3n) is 3.12. The first kappa shape index (κ1) is 12.8. The fourth-order valence-corrected chi connectivity index (χ4v) is 2.45. The average molecular weight is 326 g/mol. The van der Waals surface area contributed by atoms with Gasteiger partial charge in [-0.05, 0) is 35.1 Å². The molecule has 0 spiro atoms. The van der Waals surface area contributed by atoms with Crippen LogP contribution in [0.3, 0.4) is 0 Å². The molecule has 2 aromatic rings. The predicted molar refractivity (Wildman–Crippen MR) is 76.4 cm³/mol. The Morgan fingerprint density at radius 3 is 3.26 bits per heavy atom. The minimum absolute atomic E-state index is 0.192. The van der Waals surface area contributed by atoms with Crippen LogP contribution in [0.25, 0.3) is 5.65 Å². The number of aromatic nitrogens is 3. The number of pyridine rings is 1. The monoisotopic (exact) mass is 325 g/mol. The molecule has 1 fully saturated rings. The lowest BCUT2D eigenvalue weighted by atomic mass is 10.3. The first-order valence-electron chi connectivity index (χ1n) is 6.27. The van der Waals surface area contributed by atoms with Crippen molar-refractivity contribution < 1.29 is 4.74 Å². The van der Waals surface area contributed by atoms with Gasteiger partial charge in [0.1, 0.15) is 0 Å². The summed E-state index contributed by atoms with van der Waals surface area (Å²) in [5.74, 6) is 0.634. The van der Waals surface area contributed by atoms with Crippen molar-refractivity contribution in [2.24, 2.45) is 0 Å². The Kier molecular flexibility index (Phi) is 3.67. The summed E-state index contributed by atoms with van der Waals surface area (Å²) in [5, 5.41) is 7.61. The van der Waals surface area contributed by atoms with Crippen LogP contribution in [0, 0.1) is 0 Å². The van der Waals surface area contributed by atoms with Gasteiger partial charge < -0.3 is 15.0 Å². The van der Waals surface area contributed by atoms with Crippen LogP contribution >= 0.6 is 15.9 Å². The zero-order valence-corrected chi connectivity index (χ0v) is 12.3. The number of nitrogens with one attached hydrogen (secondary N) is 1. The predicted octanol–water partition coefficient (Wildman–Crippen LogP) is 1.23. The molecule has 19 heavy (non-hydrogen) atoms. The van der Waals surface area contributed by atoms with E-state index in [2.05, 4.69) is 43.3 Å². The zero-order valence-electron chi connectivity index (χ0n) is 10.7. The molecule has 2 aromatic heterocycles. The summed E-state index contributed by atoms with van der Waals surface area (Å²) in [6.07, 6.45) is 2.08. The highest BCUT2D eigenvalue weighted by Gasteiger charge is 2.17. The Morgan fingerprint density at radius 1 is 1.53 bits per heavy atom. The Labute approximate surface area is 119 Å². The molecule has 1 aliphatic rings. The van der Waals surface area contributed by atoms with Crippen molar-refractivity contribution in [1.82, 2.24) is 19.5 Å². The van der Waals surface area contributed by atoms with Gasteiger partial charge in [0.2, 0.25) is 5.95 Å². The number of nitrogens with zero attached hydrogens (tertiary/aromatic N) is 4. The Hall–Kier alpha value is -1.18. The molecule has 0 radical (unpaired) electrons. The standard InChI is InChI=1S/C12H16BrN5O/c1-17-4-5-19-10(8-17)6-14-12-15-11-3-2-9(13)7-18(11)16-12/h2-3,7,10H,4-6,8H2,1H3,(H,14,16). The molecule has 1 unspecified atom stereocenters. The topological polar surface area (TPSA) is 54.7 Å². The van der Waals surface area contributed by atoms with Crippen LogP contribution < -0.4 is 5.32 Å². The lowest BCUT2D eigenvalue weighted by molar-refractivity contribution is -0.0117. The van der Waals surface area contributed by atoms with Crippen LogP contribution in [0.5, 0.6) is 0 Å². The molecular weight excluding hydrogens is 310 g/mol. The van der Waals surface area contributed by atoms with Crippen LogP contribution in [0.15, 0.2) is 22.8 Å². The van der Waals surface area contributed by atoms with E-state index >= 15 is 0 Å². The number of likely N-dealkylation sites (N-methyl/N-ethyl adjacent to an activating group) is 1. The molecule has 1 aliphatic heterocycles. The third-order valence-corrected chi connectivity index (χ3v) is 3.59. The molecule has 0 amide bonds. The van der Waals surface area contributed by atoms with Crippen LogP contribution in [0.2, 0.25) is 0 Å². The maximum Gasteiger partial charge on any atom is 0.243 e. The molecule has 3 rings (SSSR count). The first-order chi connectivity index (χ1) is 9.20. The maximum atomic E-state index is 5.69. The molecule has 6 nitrogen and oxygen atoms in total. The lowest BCUT2D eigenvalue weighted by Gasteiger charge is -2.29. The van der Waals surface area contributed by atoms with E-state index in [1.807, 2.05) is 18.3 Å². The summed E-state index contributed by atoms with van der Waals surface area (Å²) in [6.45, 7) is 3.44. The number of anilines is 1. The second-order valence-electron chi connectivity index (χ2n) is 4.72. The Balaban J connectivity index is 1.65. The number of ether oxygens (including phenoxy) is 1. The average Bonchev–Trinajstić information content (AvgIpc) is 2.78. The van der Waals surface area contributed by atoms with Crippen molar-refractivity contribution in [2.45, 2.75) is 6.10 Å². The minimum atomic E-state index is 0.192. The fraction of sp³-hybridized carbons (Fsp3) is 0.500. The highest BCUT2D eigenvalue weighted by Crippen LogP contribution is 2.12. The van der Waals surface area contributed by atoms with E-state index in [-0.39, 0.29) is 6.10 Å². The van der Waals surface area contributed by atoms with Gasteiger partial charge in [-0.2, -0.15) is 4.98 Å². The van der Waals surface area contributed by atoms with Crippen molar-refractivity contribution in [3.63, 3.8) is 0 Å². The minimum Gasteiger partial charge on any atom is -0.374 e. The summed E-state index contributed by atoms with van der Waals surface area (Å²) < 4.78 is 8.42. The molecule has 0 aliphatic carbocycles. The molecule has 3 heterocycles. The van der Waals surface area contributed by atoms with Gasteiger partial charge in [0.15, 0.2) is 5.65 Å². The van der Waals surface area contributed by atoms with Gasteiger partial charge >= 0.3 is 0 Å². The molecule has 1 saturated heterocycles. The van der Waals surface area contributed by atoms with Crippen molar-refractivity contribution in [3.05, 3.63) is 22.8 Å². The highest BCUT2D eigenvalue weighted by atomic mass is 79.9. The Morgan fingerprint density at radius 2 is 2.42 bits per heavy atom. The second kappa shape index (κ2) is 5.44. The summed E-state index contributed by atoms with van der Waals surface area (Å²) >= 11 is 3.42. The van der Waals surface area contributed by atoms with E-state index in [0.717, 1.165) is 36.4 Å². The number of rotatable bonds is 3. The normalized spacial score (nSPS) is 20.8. The summed E-state index contributed by atoms with van der Waals surface area (Å²) in [7, 11) is 2.11. The van der Waals surface area contributed by atoms with E-state index < -0.39 is 0 Å². The van der Waals surface area contributed by atoms with Crippen LogP contribution in [-0.2, 0) is 4.74 Å². The molecule has 0 aromatic carbocycles. The Bertz CT molecular complexity index is 572. The van der Waals surface area contributed by atoms with Crippen molar-refractivity contribution in [3.8, 4) is 0 Å². The number of halogens is 1. The van der Waals surface area contributed by atoms with Crippen molar-refractivity contribution in [2.75, 3.05) is 38.6 Å². The van der Waals surface area contributed by atoms with E-state index in [9.17, 15) is 0 Å². The van der Waals surface area contributed by atoms with E-state index in [1.165, 1.54) is 0 Å². The molecule has 1 atom stereocenters. The van der Waals surface area contributed by atoms with E-state index in [1.54, 1.807) is 4.52 Å². The van der Waals surface area contributed by atoms with Crippen LogP contribution in [0.4, 0.5) is 5.95 Å². The van der Waals surface area contributed by atoms with Gasteiger partial charge in [-0.25, -0.2) is 4.52 Å².